The zero-order chi connectivity index (χ0) is 14.6. The average molecular weight is 277 g/mol. The van der Waals surface area contributed by atoms with Gasteiger partial charge in [-0.05, 0) is 30.6 Å². The number of imidazole rings is 1. The van der Waals surface area contributed by atoms with Crippen LogP contribution in [-0.2, 0) is 13.1 Å². The first-order valence-corrected chi connectivity index (χ1v) is 8.23. The highest BCUT2D eigenvalue weighted by Crippen LogP contribution is 2.44. The number of hydrogen-bond donors (Lipinski definition) is 1. The van der Waals surface area contributed by atoms with Gasteiger partial charge in [0.25, 0.3) is 0 Å². The van der Waals surface area contributed by atoms with Gasteiger partial charge in [-0.3, -0.25) is 0 Å². The average Bonchev–Trinajstić information content (AvgIpc) is 2.96. The van der Waals surface area contributed by atoms with Crippen LogP contribution in [0.15, 0.2) is 12.5 Å². The fourth-order valence-corrected chi connectivity index (χ4v) is 3.73. The molecule has 1 aromatic heterocycles. The van der Waals surface area contributed by atoms with E-state index in [4.69, 9.17) is 0 Å². The molecule has 3 heteroatoms. The van der Waals surface area contributed by atoms with Gasteiger partial charge < -0.3 is 9.88 Å². The van der Waals surface area contributed by atoms with Crippen molar-refractivity contribution in [2.75, 3.05) is 0 Å². The molecule has 1 heterocycles. The predicted molar refractivity (Wildman–Crippen MR) is 84.6 cm³/mol. The minimum absolute atomic E-state index is 0.515. The van der Waals surface area contributed by atoms with Gasteiger partial charge in [0.2, 0.25) is 0 Å². The summed E-state index contributed by atoms with van der Waals surface area (Å²) in [6.07, 6.45) is 11.0. The number of aromatic nitrogens is 2. The van der Waals surface area contributed by atoms with Crippen molar-refractivity contribution < 1.29 is 0 Å². The summed E-state index contributed by atoms with van der Waals surface area (Å²) in [6, 6.07) is 0.523. The zero-order valence-corrected chi connectivity index (χ0v) is 13.7. The van der Waals surface area contributed by atoms with Crippen molar-refractivity contribution in [1.29, 1.82) is 0 Å². The molecule has 1 aromatic rings. The lowest BCUT2D eigenvalue weighted by Gasteiger charge is -2.32. The highest BCUT2D eigenvalue weighted by Gasteiger charge is 2.35. The molecule has 1 aliphatic rings. The normalized spacial score (nSPS) is 18.3. The Kier molecular flexibility index (Phi) is 5.25. The highest BCUT2D eigenvalue weighted by molar-refractivity contribution is 5.00. The first-order chi connectivity index (χ1) is 9.51. The van der Waals surface area contributed by atoms with E-state index >= 15 is 0 Å². The maximum absolute atomic E-state index is 4.38. The van der Waals surface area contributed by atoms with E-state index in [1.54, 1.807) is 0 Å². The van der Waals surface area contributed by atoms with Crippen LogP contribution >= 0.6 is 0 Å². The standard InChI is InChI=1S/C17H31N3/c1-14(2)9-17(7-5-6-8-17)12-20-13-18-10-16(20)11-19-15(3)4/h10,13-15,19H,5-9,11-12H2,1-4H3. The van der Waals surface area contributed by atoms with Gasteiger partial charge in [-0.15, -0.1) is 0 Å². The molecule has 2 rings (SSSR count). The van der Waals surface area contributed by atoms with Crippen LogP contribution in [0.5, 0.6) is 0 Å². The van der Waals surface area contributed by atoms with Crippen LogP contribution in [-0.4, -0.2) is 15.6 Å². The lowest BCUT2D eigenvalue weighted by molar-refractivity contribution is 0.195. The molecule has 0 saturated heterocycles. The second-order valence-electron chi connectivity index (χ2n) is 7.35. The third-order valence-corrected chi connectivity index (χ3v) is 4.50. The van der Waals surface area contributed by atoms with Gasteiger partial charge in [-0.25, -0.2) is 4.98 Å². The summed E-state index contributed by atoms with van der Waals surface area (Å²) in [6.45, 7) is 11.2. The van der Waals surface area contributed by atoms with Crippen molar-refractivity contribution in [2.24, 2.45) is 11.3 Å². The molecule has 0 aliphatic heterocycles. The smallest absolute Gasteiger partial charge is 0.0948 e. The lowest BCUT2D eigenvalue weighted by atomic mass is 9.78. The van der Waals surface area contributed by atoms with E-state index in [1.807, 2.05) is 12.5 Å². The van der Waals surface area contributed by atoms with E-state index in [-0.39, 0.29) is 0 Å². The van der Waals surface area contributed by atoms with E-state index in [1.165, 1.54) is 37.8 Å². The van der Waals surface area contributed by atoms with E-state index in [0.717, 1.165) is 19.0 Å². The summed E-state index contributed by atoms with van der Waals surface area (Å²) in [7, 11) is 0. The van der Waals surface area contributed by atoms with Crippen LogP contribution in [0.25, 0.3) is 0 Å². The molecule has 3 nitrogen and oxygen atoms in total. The van der Waals surface area contributed by atoms with Crippen molar-refractivity contribution in [3.05, 3.63) is 18.2 Å². The molecule has 0 radical (unpaired) electrons. The maximum atomic E-state index is 4.38. The van der Waals surface area contributed by atoms with Gasteiger partial charge in [0.15, 0.2) is 0 Å². The molecule has 1 aliphatic carbocycles. The highest BCUT2D eigenvalue weighted by atomic mass is 15.1. The molecule has 1 fully saturated rings. The molecule has 20 heavy (non-hydrogen) atoms. The Bertz CT molecular complexity index is 400. The van der Waals surface area contributed by atoms with Gasteiger partial charge in [0.05, 0.1) is 12.0 Å². The molecular formula is C17H31N3. The fourth-order valence-electron chi connectivity index (χ4n) is 3.73. The largest absolute Gasteiger partial charge is 0.333 e. The molecule has 0 atom stereocenters. The van der Waals surface area contributed by atoms with Gasteiger partial charge in [-0.1, -0.05) is 40.5 Å². The van der Waals surface area contributed by atoms with Crippen LogP contribution in [0, 0.1) is 11.3 Å². The first-order valence-electron chi connectivity index (χ1n) is 8.23. The molecule has 0 bridgehead atoms. The molecule has 1 saturated carbocycles. The molecule has 0 spiro atoms. The van der Waals surface area contributed by atoms with Gasteiger partial charge in [0, 0.05) is 25.3 Å². The van der Waals surface area contributed by atoms with Crippen molar-refractivity contribution in [2.45, 2.75) is 78.9 Å². The number of nitrogens with one attached hydrogen (secondary N) is 1. The molecule has 0 unspecified atom stereocenters. The molecular weight excluding hydrogens is 246 g/mol. The topological polar surface area (TPSA) is 29.9 Å². The Morgan fingerprint density at radius 1 is 1.25 bits per heavy atom. The minimum Gasteiger partial charge on any atom is -0.333 e. The predicted octanol–water partition coefficient (Wildman–Crippen LogP) is 3.99. The molecule has 114 valence electrons. The zero-order valence-electron chi connectivity index (χ0n) is 13.7. The Morgan fingerprint density at radius 3 is 2.55 bits per heavy atom. The van der Waals surface area contributed by atoms with E-state index < -0.39 is 0 Å². The van der Waals surface area contributed by atoms with Crippen LogP contribution in [0.3, 0.4) is 0 Å². The summed E-state index contributed by atoms with van der Waals surface area (Å²) in [5, 5.41) is 3.51. The molecule has 0 aromatic carbocycles. The Hall–Kier alpha value is -0.830. The second kappa shape index (κ2) is 6.75. The number of hydrogen-bond acceptors (Lipinski definition) is 2. The van der Waals surface area contributed by atoms with Gasteiger partial charge in [0.1, 0.15) is 0 Å². The summed E-state index contributed by atoms with van der Waals surface area (Å²) in [5.41, 5.74) is 1.84. The van der Waals surface area contributed by atoms with Crippen LogP contribution in [0.2, 0.25) is 0 Å². The SMILES string of the molecule is CC(C)CC1(Cn2cncc2CNC(C)C)CCCC1. The third-order valence-electron chi connectivity index (χ3n) is 4.50. The van der Waals surface area contributed by atoms with Crippen LogP contribution in [0.1, 0.15) is 65.5 Å². The van der Waals surface area contributed by atoms with Gasteiger partial charge in [-0.2, -0.15) is 0 Å². The Labute approximate surface area is 124 Å². The summed E-state index contributed by atoms with van der Waals surface area (Å²) < 4.78 is 2.39. The summed E-state index contributed by atoms with van der Waals surface area (Å²) in [5.74, 6) is 0.786. The Morgan fingerprint density at radius 2 is 1.95 bits per heavy atom. The summed E-state index contributed by atoms with van der Waals surface area (Å²) in [4.78, 5) is 4.38. The maximum Gasteiger partial charge on any atom is 0.0948 e. The lowest BCUT2D eigenvalue weighted by Crippen LogP contribution is -2.28. The van der Waals surface area contributed by atoms with Crippen molar-refractivity contribution in [3.63, 3.8) is 0 Å². The van der Waals surface area contributed by atoms with Crippen molar-refractivity contribution in [1.82, 2.24) is 14.9 Å². The van der Waals surface area contributed by atoms with E-state index in [0.29, 0.717) is 11.5 Å². The molecule has 1 N–H and O–H groups in total. The van der Waals surface area contributed by atoms with Crippen LogP contribution in [0.4, 0.5) is 0 Å². The summed E-state index contributed by atoms with van der Waals surface area (Å²) >= 11 is 0. The first kappa shape index (κ1) is 15.6. The van der Waals surface area contributed by atoms with Gasteiger partial charge >= 0.3 is 0 Å². The fraction of sp³-hybridized carbons (Fsp3) is 0.824. The number of nitrogens with zero attached hydrogens (tertiary/aromatic N) is 2. The van der Waals surface area contributed by atoms with Crippen LogP contribution < -0.4 is 5.32 Å². The second-order valence-corrected chi connectivity index (χ2v) is 7.35. The Balaban J connectivity index is 2.05. The van der Waals surface area contributed by atoms with Crippen molar-refractivity contribution in [3.8, 4) is 0 Å². The monoisotopic (exact) mass is 277 g/mol. The molecule has 0 amide bonds. The van der Waals surface area contributed by atoms with E-state index in [9.17, 15) is 0 Å². The number of rotatable bonds is 7. The third kappa shape index (κ3) is 4.08. The minimum atomic E-state index is 0.515. The van der Waals surface area contributed by atoms with Crippen molar-refractivity contribution >= 4 is 0 Å². The van der Waals surface area contributed by atoms with E-state index in [2.05, 4.69) is 42.6 Å². The quantitative estimate of drug-likeness (QED) is 0.816.